The van der Waals surface area contributed by atoms with Crippen LogP contribution in [0.25, 0.3) is 23.1 Å². The third kappa shape index (κ3) is 4.73. The number of furan rings is 1. The monoisotopic (exact) mass is 588 g/mol. The van der Waals surface area contributed by atoms with E-state index >= 15 is 0 Å². The third-order valence-electron chi connectivity index (χ3n) is 7.89. The Morgan fingerprint density at radius 1 is 1.02 bits per heavy atom. The van der Waals surface area contributed by atoms with Crippen LogP contribution in [0, 0.1) is 0 Å². The van der Waals surface area contributed by atoms with E-state index in [-0.39, 0.29) is 17.6 Å². The summed E-state index contributed by atoms with van der Waals surface area (Å²) >= 11 is 1.36. The van der Waals surface area contributed by atoms with E-state index in [1.165, 1.54) is 16.9 Å². The molecule has 0 saturated heterocycles. The van der Waals surface area contributed by atoms with Crippen LogP contribution in [0.15, 0.2) is 105 Å². The molecule has 1 aliphatic heterocycles. The molecule has 0 fully saturated rings. The molecule has 3 heterocycles. The van der Waals surface area contributed by atoms with Crippen molar-refractivity contribution in [1.82, 2.24) is 4.57 Å². The van der Waals surface area contributed by atoms with Gasteiger partial charge in [0.1, 0.15) is 17.3 Å². The number of fused-ring (bicyclic) bond motifs is 3. The number of methoxy groups -OCH3 is 1. The molecule has 8 heteroatoms. The zero-order valence-corrected chi connectivity index (χ0v) is 24.5. The van der Waals surface area contributed by atoms with Crippen LogP contribution in [-0.2, 0) is 11.2 Å². The standard InChI is InChI=1S/C35H28N2O5S/c1-3-41-34(39)23-14-12-22(13-15-23)28-19-17-24(42-28)20-30-33(38)37-32(26-10-6-7-11-29(26)40-2)27-18-16-21-8-4-5-9-25(21)31(27)36-35(37)43-30/h4-15,17,19-20,32H,3,16,18H2,1-2H3/b30-20+/t32-/m0/s1. The van der Waals surface area contributed by atoms with Gasteiger partial charge in [-0.05, 0) is 61.2 Å². The van der Waals surface area contributed by atoms with Crippen LogP contribution in [0.1, 0.15) is 52.2 Å². The number of carbonyl (C=O) groups excluding carboxylic acids is 1. The second-order valence-corrected chi connectivity index (χ2v) is 11.4. The summed E-state index contributed by atoms with van der Waals surface area (Å²) in [7, 11) is 1.66. The molecular weight excluding hydrogens is 560 g/mol. The van der Waals surface area contributed by atoms with Crippen molar-refractivity contribution in [2.45, 2.75) is 25.8 Å². The fraction of sp³-hybridized carbons (Fsp3) is 0.171. The lowest BCUT2D eigenvalue weighted by Gasteiger charge is -2.31. The van der Waals surface area contributed by atoms with Crippen molar-refractivity contribution in [3.63, 3.8) is 0 Å². The molecule has 5 aromatic rings. The molecule has 1 atom stereocenters. The zero-order valence-electron chi connectivity index (χ0n) is 23.7. The van der Waals surface area contributed by atoms with Crippen LogP contribution in [-0.4, -0.2) is 24.3 Å². The van der Waals surface area contributed by atoms with E-state index in [0.717, 1.165) is 46.6 Å². The summed E-state index contributed by atoms with van der Waals surface area (Å²) in [4.78, 5) is 31.8. The summed E-state index contributed by atoms with van der Waals surface area (Å²) in [5.41, 5.74) is 6.55. The van der Waals surface area contributed by atoms with Crippen molar-refractivity contribution in [2.75, 3.05) is 13.7 Å². The quantitative estimate of drug-likeness (QED) is 0.236. The first-order valence-corrected chi connectivity index (χ1v) is 15.0. The number of rotatable bonds is 6. The Labute approximate surface area is 251 Å². The fourth-order valence-corrected chi connectivity index (χ4v) is 6.87. The Hall–Kier alpha value is -4.95. The largest absolute Gasteiger partial charge is 0.496 e. The molecule has 7 nitrogen and oxygen atoms in total. The number of benzene rings is 3. The lowest BCUT2D eigenvalue weighted by atomic mass is 9.83. The van der Waals surface area contributed by atoms with Crippen LogP contribution >= 0.6 is 11.3 Å². The second kappa shape index (κ2) is 11.0. The van der Waals surface area contributed by atoms with Gasteiger partial charge in [0.05, 0.1) is 35.6 Å². The lowest BCUT2D eigenvalue weighted by molar-refractivity contribution is 0.0526. The van der Waals surface area contributed by atoms with Crippen LogP contribution in [0.2, 0.25) is 0 Å². The third-order valence-corrected chi connectivity index (χ3v) is 8.87. The van der Waals surface area contributed by atoms with Gasteiger partial charge in [-0.3, -0.25) is 9.36 Å². The van der Waals surface area contributed by atoms with E-state index in [0.29, 0.717) is 33.0 Å². The summed E-state index contributed by atoms with van der Waals surface area (Å²) in [6, 6.07) is 26.7. The van der Waals surface area contributed by atoms with Gasteiger partial charge in [0, 0.05) is 22.8 Å². The topological polar surface area (TPSA) is 83.0 Å². The maximum Gasteiger partial charge on any atom is 0.338 e. The van der Waals surface area contributed by atoms with Crippen LogP contribution in [0.4, 0.5) is 0 Å². The van der Waals surface area contributed by atoms with Crippen molar-refractivity contribution >= 4 is 29.1 Å². The first-order chi connectivity index (χ1) is 21.1. The number of carbonyl (C=O) groups is 1. The van der Waals surface area contributed by atoms with Crippen LogP contribution in [0.5, 0.6) is 5.75 Å². The van der Waals surface area contributed by atoms with E-state index in [1.54, 1.807) is 36.8 Å². The molecule has 0 spiro atoms. The Morgan fingerprint density at radius 2 is 1.81 bits per heavy atom. The van der Waals surface area contributed by atoms with Crippen molar-refractivity contribution in [3.8, 4) is 17.1 Å². The van der Waals surface area contributed by atoms with E-state index in [2.05, 4.69) is 18.2 Å². The number of aromatic nitrogens is 1. The Balaban J connectivity index is 1.33. The molecule has 7 rings (SSSR count). The van der Waals surface area contributed by atoms with Gasteiger partial charge >= 0.3 is 5.97 Å². The number of thiazole rings is 1. The molecule has 0 radical (unpaired) electrons. The number of aryl methyl sites for hydroxylation is 1. The first-order valence-electron chi connectivity index (χ1n) is 14.2. The molecule has 0 saturated carbocycles. The molecule has 0 amide bonds. The summed E-state index contributed by atoms with van der Waals surface area (Å²) in [5, 5.41) is 0. The predicted octanol–water partition coefficient (Wildman–Crippen LogP) is 5.76. The number of esters is 1. The molecular formula is C35H28N2O5S. The average molecular weight is 589 g/mol. The number of ether oxygens (including phenoxy) is 2. The Morgan fingerprint density at radius 3 is 2.63 bits per heavy atom. The second-order valence-electron chi connectivity index (χ2n) is 10.4. The minimum absolute atomic E-state index is 0.123. The molecule has 1 aliphatic carbocycles. The highest BCUT2D eigenvalue weighted by atomic mass is 32.1. The molecule has 0 unspecified atom stereocenters. The van der Waals surface area contributed by atoms with Gasteiger partial charge in [-0.1, -0.05) is 65.9 Å². The van der Waals surface area contributed by atoms with E-state index in [9.17, 15) is 9.59 Å². The molecule has 43 heavy (non-hydrogen) atoms. The van der Waals surface area contributed by atoms with Gasteiger partial charge in [0.2, 0.25) is 0 Å². The summed E-state index contributed by atoms with van der Waals surface area (Å²) in [6.07, 6.45) is 3.46. The van der Waals surface area contributed by atoms with E-state index < -0.39 is 0 Å². The Kier molecular flexibility index (Phi) is 6.91. The molecule has 0 bridgehead atoms. The van der Waals surface area contributed by atoms with Crippen molar-refractivity contribution in [1.29, 1.82) is 0 Å². The van der Waals surface area contributed by atoms with Crippen molar-refractivity contribution in [2.24, 2.45) is 4.99 Å². The zero-order chi connectivity index (χ0) is 29.5. The predicted molar refractivity (Wildman–Crippen MR) is 166 cm³/mol. The fourth-order valence-electron chi connectivity index (χ4n) is 5.89. The number of para-hydroxylation sites is 1. The molecule has 0 N–H and O–H groups in total. The summed E-state index contributed by atoms with van der Waals surface area (Å²) < 4.78 is 19.3. The lowest BCUT2D eigenvalue weighted by Crippen LogP contribution is -2.38. The number of nitrogens with zero attached hydrogens (tertiary/aromatic N) is 2. The van der Waals surface area contributed by atoms with Gasteiger partial charge < -0.3 is 13.9 Å². The smallest absolute Gasteiger partial charge is 0.338 e. The highest BCUT2D eigenvalue weighted by Gasteiger charge is 2.34. The maximum atomic E-state index is 14.1. The highest BCUT2D eigenvalue weighted by Crippen LogP contribution is 2.43. The van der Waals surface area contributed by atoms with Crippen molar-refractivity contribution in [3.05, 3.63) is 138 Å². The van der Waals surface area contributed by atoms with E-state index in [1.807, 2.05) is 54.6 Å². The highest BCUT2D eigenvalue weighted by molar-refractivity contribution is 7.07. The SMILES string of the molecule is CCOC(=O)c1ccc(-c2ccc(/C=c3/sc4n(c3=O)[C@@H](c3ccccc3OC)C3=C(N=4)c4ccccc4CC3)o2)cc1. The number of hydrogen-bond donors (Lipinski definition) is 0. The summed E-state index contributed by atoms with van der Waals surface area (Å²) in [5.74, 6) is 1.56. The van der Waals surface area contributed by atoms with Gasteiger partial charge in [-0.25, -0.2) is 9.79 Å². The normalized spacial score (nSPS) is 15.8. The van der Waals surface area contributed by atoms with Gasteiger partial charge in [0.25, 0.3) is 5.56 Å². The Bertz CT molecular complexity index is 2080. The van der Waals surface area contributed by atoms with E-state index in [4.69, 9.17) is 18.9 Å². The minimum Gasteiger partial charge on any atom is -0.496 e. The van der Waals surface area contributed by atoms with Crippen LogP contribution in [0.3, 0.4) is 0 Å². The average Bonchev–Trinajstić information content (AvgIpc) is 3.64. The summed E-state index contributed by atoms with van der Waals surface area (Å²) in [6.45, 7) is 2.10. The van der Waals surface area contributed by atoms with Gasteiger partial charge in [-0.15, -0.1) is 0 Å². The van der Waals surface area contributed by atoms with Gasteiger partial charge in [0.15, 0.2) is 4.80 Å². The minimum atomic E-state index is -0.360. The van der Waals surface area contributed by atoms with Crippen LogP contribution < -0.4 is 19.6 Å². The number of allylic oxidation sites excluding steroid dienone is 1. The molecule has 2 aliphatic rings. The number of hydrogen-bond acceptors (Lipinski definition) is 7. The van der Waals surface area contributed by atoms with Gasteiger partial charge in [-0.2, -0.15) is 0 Å². The maximum absolute atomic E-state index is 14.1. The molecule has 3 aromatic carbocycles. The molecule has 214 valence electrons. The molecule has 2 aromatic heterocycles. The first kappa shape index (κ1) is 26.9. The van der Waals surface area contributed by atoms with Crippen molar-refractivity contribution < 1.29 is 18.7 Å².